The number of rotatable bonds is 5. The van der Waals surface area contributed by atoms with Gasteiger partial charge in [0.15, 0.2) is 0 Å². The van der Waals surface area contributed by atoms with Crippen molar-refractivity contribution in [3.05, 3.63) is 59.7 Å². The van der Waals surface area contributed by atoms with Gasteiger partial charge in [-0.2, -0.15) is 4.31 Å². The van der Waals surface area contributed by atoms with E-state index < -0.39 is 27.6 Å². The number of sulfonamides is 1. The van der Waals surface area contributed by atoms with Gasteiger partial charge < -0.3 is 5.32 Å². The van der Waals surface area contributed by atoms with Crippen molar-refractivity contribution >= 4 is 21.6 Å². The van der Waals surface area contributed by atoms with Gasteiger partial charge in [-0.1, -0.05) is 0 Å². The fraction of sp³-hybridized carbons (Fsp3) is 0.235. The van der Waals surface area contributed by atoms with Crippen LogP contribution in [0.4, 0.5) is 14.5 Å². The van der Waals surface area contributed by atoms with Crippen LogP contribution in [0.25, 0.3) is 0 Å². The second-order valence-electron chi connectivity index (χ2n) is 5.72. The average molecular weight is 368 g/mol. The van der Waals surface area contributed by atoms with Crippen LogP contribution in [0.5, 0.6) is 0 Å². The number of hydrogen-bond acceptors (Lipinski definition) is 3. The van der Waals surface area contributed by atoms with E-state index in [2.05, 4.69) is 5.32 Å². The Labute approximate surface area is 145 Å². The van der Waals surface area contributed by atoms with E-state index in [9.17, 15) is 22.0 Å². The number of nitrogens with zero attached hydrogens (tertiary/aromatic N) is 1. The van der Waals surface area contributed by atoms with Crippen molar-refractivity contribution in [1.82, 2.24) is 4.31 Å². The summed E-state index contributed by atoms with van der Waals surface area (Å²) in [5, 5.41) is 2.31. The Bertz CT molecular complexity index is 881. The van der Waals surface area contributed by atoms with Crippen molar-refractivity contribution in [2.45, 2.75) is 24.8 Å². The van der Waals surface area contributed by atoms with E-state index in [-0.39, 0.29) is 22.2 Å². The van der Waals surface area contributed by atoms with Crippen LogP contribution in [0.1, 0.15) is 24.2 Å². The molecule has 25 heavy (non-hydrogen) atoms. The average Bonchev–Trinajstić information content (AvgIpc) is 2.56. The summed E-state index contributed by atoms with van der Waals surface area (Å²) in [6.45, 7) is 3.49. The zero-order valence-electron chi connectivity index (χ0n) is 14.0. The van der Waals surface area contributed by atoms with Gasteiger partial charge in [0.1, 0.15) is 11.6 Å². The van der Waals surface area contributed by atoms with Crippen LogP contribution in [0.3, 0.4) is 0 Å². The van der Waals surface area contributed by atoms with Crippen molar-refractivity contribution in [2.24, 2.45) is 0 Å². The van der Waals surface area contributed by atoms with E-state index in [1.807, 2.05) is 0 Å². The van der Waals surface area contributed by atoms with Crippen LogP contribution in [-0.2, 0) is 10.0 Å². The quantitative estimate of drug-likeness (QED) is 0.881. The largest absolute Gasteiger partial charge is 0.319 e. The third-order valence-electron chi connectivity index (χ3n) is 3.70. The summed E-state index contributed by atoms with van der Waals surface area (Å²) in [4.78, 5) is 12.2. The van der Waals surface area contributed by atoms with Crippen molar-refractivity contribution in [3.63, 3.8) is 0 Å². The first kappa shape index (κ1) is 19.0. The zero-order chi connectivity index (χ0) is 18.8. The molecule has 0 saturated heterocycles. The minimum atomic E-state index is -3.65. The molecule has 0 radical (unpaired) electrons. The van der Waals surface area contributed by atoms with Crippen molar-refractivity contribution in [3.8, 4) is 0 Å². The molecule has 0 heterocycles. The Morgan fingerprint density at radius 1 is 1.08 bits per heavy atom. The number of hydrogen-bond donors (Lipinski definition) is 1. The highest BCUT2D eigenvalue weighted by molar-refractivity contribution is 7.89. The predicted octanol–water partition coefficient (Wildman–Crippen LogP) is 3.25. The Hall–Kier alpha value is -2.32. The number of nitrogens with one attached hydrogen (secondary N) is 1. The second-order valence-corrected chi connectivity index (χ2v) is 7.72. The summed E-state index contributed by atoms with van der Waals surface area (Å²) in [5.74, 6) is -2.28. The van der Waals surface area contributed by atoms with E-state index in [1.54, 1.807) is 13.8 Å². The molecular weight excluding hydrogens is 350 g/mol. The van der Waals surface area contributed by atoms with Crippen LogP contribution >= 0.6 is 0 Å². The molecule has 2 aromatic rings. The van der Waals surface area contributed by atoms with Crippen LogP contribution in [0, 0.1) is 11.6 Å². The first-order valence-corrected chi connectivity index (χ1v) is 8.91. The lowest BCUT2D eigenvalue weighted by molar-refractivity contribution is 0.102. The monoisotopic (exact) mass is 368 g/mol. The second kappa shape index (κ2) is 7.28. The molecule has 0 aliphatic heterocycles. The number of amides is 1. The molecule has 0 bridgehead atoms. The highest BCUT2D eigenvalue weighted by Gasteiger charge is 2.23. The molecule has 5 nitrogen and oxygen atoms in total. The van der Waals surface area contributed by atoms with Gasteiger partial charge in [0.2, 0.25) is 10.0 Å². The summed E-state index contributed by atoms with van der Waals surface area (Å²) >= 11 is 0. The summed E-state index contributed by atoms with van der Waals surface area (Å²) in [6.07, 6.45) is 0. The molecule has 2 rings (SSSR count). The summed E-state index contributed by atoms with van der Waals surface area (Å²) in [7, 11) is -2.18. The van der Waals surface area contributed by atoms with Gasteiger partial charge in [0.25, 0.3) is 5.91 Å². The number of benzene rings is 2. The Morgan fingerprint density at radius 3 is 2.20 bits per heavy atom. The molecule has 8 heteroatoms. The number of anilines is 1. The van der Waals surface area contributed by atoms with Gasteiger partial charge in [0, 0.05) is 24.7 Å². The van der Waals surface area contributed by atoms with Crippen LogP contribution in [0.2, 0.25) is 0 Å². The maximum absolute atomic E-state index is 13.6. The van der Waals surface area contributed by atoms with Crippen molar-refractivity contribution in [1.29, 1.82) is 0 Å². The maximum atomic E-state index is 13.6. The Morgan fingerprint density at radius 2 is 1.68 bits per heavy atom. The lowest BCUT2D eigenvalue weighted by Crippen LogP contribution is -2.33. The first-order valence-electron chi connectivity index (χ1n) is 7.47. The molecule has 0 saturated carbocycles. The minimum Gasteiger partial charge on any atom is -0.319 e. The summed E-state index contributed by atoms with van der Waals surface area (Å²) < 4.78 is 52.4. The molecule has 0 fully saturated rings. The van der Waals surface area contributed by atoms with E-state index in [0.717, 1.165) is 12.1 Å². The zero-order valence-corrected chi connectivity index (χ0v) is 14.8. The minimum absolute atomic E-state index is 0.0493. The molecule has 0 unspecified atom stereocenters. The summed E-state index contributed by atoms with van der Waals surface area (Å²) in [6, 6.07) is 7.86. The molecule has 0 atom stereocenters. The van der Waals surface area contributed by atoms with E-state index in [1.165, 1.54) is 35.6 Å². The fourth-order valence-electron chi connectivity index (χ4n) is 2.01. The first-order chi connectivity index (χ1) is 11.6. The number of halogens is 2. The van der Waals surface area contributed by atoms with Gasteiger partial charge in [-0.15, -0.1) is 0 Å². The molecule has 1 amide bonds. The van der Waals surface area contributed by atoms with Crippen LogP contribution in [-0.4, -0.2) is 31.7 Å². The smallest absolute Gasteiger partial charge is 0.255 e. The molecule has 1 N–H and O–H groups in total. The topological polar surface area (TPSA) is 66.5 Å². The van der Waals surface area contributed by atoms with E-state index >= 15 is 0 Å². The third kappa shape index (κ3) is 4.21. The molecule has 0 spiro atoms. The molecule has 0 aliphatic carbocycles. The van der Waals surface area contributed by atoms with Gasteiger partial charge in [-0.05, 0) is 50.2 Å². The molecule has 2 aromatic carbocycles. The third-order valence-corrected chi connectivity index (χ3v) is 5.75. The van der Waals surface area contributed by atoms with Gasteiger partial charge in [-0.25, -0.2) is 17.2 Å². The number of carbonyl (C=O) groups excluding carboxylic acids is 1. The standard InChI is InChI=1S/C17H18F2N2O3S/c1-11(2)21(3)25(23,24)14-7-4-12(5-8-14)17(22)20-16-9-6-13(18)10-15(16)19/h4-11H,1-3H3,(H,20,22). The molecule has 0 aliphatic rings. The molecule has 134 valence electrons. The van der Waals surface area contributed by atoms with Gasteiger partial charge in [-0.3, -0.25) is 4.79 Å². The molecule has 0 aromatic heterocycles. The van der Waals surface area contributed by atoms with Crippen molar-refractivity contribution < 1.29 is 22.0 Å². The predicted molar refractivity (Wildman–Crippen MR) is 90.8 cm³/mol. The lowest BCUT2D eigenvalue weighted by Gasteiger charge is -2.21. The van der Waals surface area contributed by atoms with Gasteiger partial charge in [0.05, 0.1) is 10.6 Å². The molecular formula is C17H18F2N2O3S. The highest BCUT2D eigenvalue weighted by Crippen LogP contribution is 2.19. The Kier molecular flexibility index (Phi) is 5.54. The summed E-state index contributed by atoms with van der Waals surface area (Å²) in [5.41, 5.74) is -0.0162. The highest BCUT2D eigenvalue weighted by atomic mass is 32.2. The SMILES string of the molecule is CC(C)N(C)S(=O)(=O)c1ccc(C(=O)Nc2ccc(F)cc2F)cc1. The fourth-order valence-corrected chi connectivity index (χ4v) is 3.38. The normalized spacial score (nSPS) is 11.8. The van der Waals surface area contributed by atoms with E-state index in [0.29, 0.717) is 6.07 Å². The number of carbonyl (C=O) groups is 1. The van der Waals surface area contributed by atoms with Crippen LogP contribution in [0.15, 0.2) is 47.4 Å². The van der Waals surface area contributed by atoms with Gasteiger partial charge >= 0.3 is 0 Å². The maximum Gasteiger partial charge on any atom is 0.255 e. The lowest BCUT2D eigenvalue weighted by atomic mass is 10.2. The Balaban J connectivity index is 2.21. The van der Waals surface area contributed by atoms with E-state index in [4.69, 9.17) is 0 Å². The van der Waals surface area contributed by atoms with Crippen molar-refractivity contribution in [2.75, 3.05) is 12.4 Å². The van der Waals surface area contributed by atoms with Crippen LogP contribution < -0.4 is 5.32 Å².